The average molecular weight is 184 g/mol. The van der Waals surface area contributed by atoms with E-state index in [9.17, 15) is 0 Å². The zero-order valence-corrected chi connectivity index (χ0v) is 9.13. The van der Waals surface area contributed by atoms with Gasteiger partial charge in [-0.3, -0.25) is 0 Å². The second-order valence-electron chi connectivity index (χ2n) is 4.17. The van der Waals surface area contributed by atoms with Crippen molar-refractivity contribution in [2.75, 3.05) is 19.6 Å². The van der Waals surface area contributed by atoms with E-state index in [0.29, 0.717) is 6.04 Å². The van der Waals surface area contributed by atoms with Crippen LogP contribution in [-0.4, -0.2) is 30.6 Å². The summed E-state index contributed by atoms with van der Waals surface area (Å²) in [5.74, 6) is 0.843. The monoisotopic (exact) mass is 184 g/mol. The number of nitrogens with two attached hydrogens (primary N) is 1. The molecule has 1 fully saturated rings. The summed E-state index contributed by atoms with van der Waals surface area (Å²) in [4.78, 5) is 2.46. The van der Waals surface area contributed by atoms with Crippen LogP contribution < -0.4 is 5.73 Å². The van der Waals surface area contributed by atoms with Crippen molar-refractivity contribution in [1.82, 2.24) is 4.90 Å². The van der Waals surface area contributed by atoms with Crippen molar-refractivity contribution >= 4 is 0 Å². The molecule has 1 saturated carbocycles. The predicted molar refractivity (Wildman–Crippen MR) is 57.7 cm³/mol. The molecular weight excluding hydrogens is 160 g/mol. The van der Waals surface area contributed by atoms with Crippen LogP contribution in [0, 0.1) is 5.92 Å². The molecule has 0 amide bonds. The van der Waals surface area contributed by atoms with Gasteiger partial charge in [-0.2, -0.15) is 0 Å². The highest BCUT2D eigenvalue weighted by Crippen LogP contribution is 2.29. The van der Waals surface area contributed by atoms with Crippen LogP contribution in [0.5, 0.6) is 0 Å². The fraction of sp³-hybridized carbons (Fsp3) is 1.00. The minimum Gasteiger partial charge on any atom is -0.327 e. The maximum absolute atomic E-state index is 6.11. The molecule has 1 unspecified atom stereocenters. The summed E-state index contributed by atoms with van der Waals surface area (Å²) in [6, 6.07) is 0.467. The first-order valence-corrected chi connectivity index (χ1v) is 5.75. The SMILES string of the molecule is CCN(CC)CCC(N)C1CCC1. The fourth-order valence-corrected chi connectivity index (χ4v) is 1.98. The smallest absolute Gasteiger partial charge is 0.00793 e. The summed E-state index contributed by atoms with van der Waals surface area (Å²) < 4.78 is 0. The summed E-state index contributed by atoms with van der Waals surface area (Å²) in [6.07, 6.45) is 5.34. The molecule has 78 valence electrons. The molecule has 1 atom stereocenters. The van der Waals surface area contributed by atoms with Crippen LogP contribution in [0.3, 0.4) is 0 Å². The van der Waals surface area contributed by atoms with Gasteiger partial charge in [0.25, 0.3) is 0 Å². The molecule has 2 heteroatoms. The molecule has 13 heavy (non-hydrogen) atoms. The molecule has 0 aromatic rings. The lowest BCUT2D eigenvalue weighted by atomic mass is 9.79. The molecule has 1 aliphatic rings. The van der Waals surface area contributed by atoms with Crippen LogP contribution in [0.4, 0.5) is 0 Å². The van der Waals surface area contributed by atoms with Gasteiger partial charge in [0.05, 0.1) is 0 Å². The van der Waals surface area contributed by atoms with Crippen molar-refractivity contribution in [3.05, 3.63) is 0 Å². The van der Waals surface area contributed by atoms with Gasteiger partial charge < -0.3 is 10.6 Å². The van der Waals surface area contributed by atoms with Gasteiger partial charge in [0.2, 0.25) is 0 Å². The van der Waals surface area contributed by atoms with Gasteiger partial charge in [0.1, 0.15) is 0 Å². The maximum atomic E-state index is 6.11. The van der Waals surface area contributed by atoms with Crippen LogP contribution in [0.1, 0.15) is 39.5 Å². The predicted octanol–water partition coefficient (Wildman–Crippen LogP) is 1.85. The van der Waals surface area contributed by atoms with Crippen LogP contribution in [0.15, 0.2) is 0 Å². The lowest BCUT2D eigenvalue weighted by Crippen LogP contribution is -2.38. The van der Waals surface area contributed by atoms with E-state index < -0.39 is 0 Å². The normalized spacial score (nSPS) is 20.3. The minimum atomic E-state index is 0.467. The molecule has 0 spiro atoms. The lowest BCUT2D eigenvalue weighted by molar-refractivity contribution is 0.221. The van der Waals surface area contributed by atoms with Gasteiger partial charge in [-0.05, 0) is 44.8 Å². The molecule has 0 radical (unpaired) electrons. The Morgan fingerprint density at radius 3 is 2.31 bits per heavy atom. The van der Waals surface area contributed by atoms with Gasteiger partial charge in [0, 0.05) is 6.04 Å². The first kappa shape index (κ1) is 11.0. The number of nitrogens with zero attached hydrogens (tertiary/aromatic N) is 1. The summed E-state index contributed by atoms with van der Waals surface area (Å²) in [7, 11) is 0. The third kappa shape index (κ3) is 3.28. The largest absolute Gasteiger partial charge is 0.327 e. The van der Waals surface area contributed by atoms with E-state index in [4.69, 9.17) is 5.73 Å². The van der Waals surface area contributed by atoms with Gasteiger partial charge in [-0.25, -0.2) is 0 Å². The van der Waals surface area contributed by atoms with Crippen molar-refractivity contribution in [1.29, 1.82) is 0 Å². The van der Waals surface area contributed by atoms with Crippen molar-refractivity contribution in [2.45, 2.75) is 45.6 Å². The molecule has 2 N–H and O–H groups in total. The van der Waals surface area contributed by atoms with Crippen molar-refractivity contribution in [2.24, 2.45) is 11.7 Å². The third-order valence-electron chi connectivity index (χ3n) is 3.43. The van der Waals surface area contributed by atoms with Gasteiger partial charge in [0.15, 0.2) is 0 Å². The second-order valence-corrected chi connectivity index (χ2v) is 4.17. The first-order valence-electron chi connectivity index (χ1n) is 5.75. The number of hydrogen-bond acceptors (Lipinski definition) is 2. The molecule has 0 saturated heterocycles. The molecule has 2 nitrogen and oxygen atoms in total. The zero-order chi connectivity index (χ0) is 9.68. The third-order valence-corrected chi connectivity index (χ3v) is 3.43. The Kier molecular flexibility index (Phi) is 4.74. The Labute approximate surface area is 82.5 Å². The van der Waals surface area contributed by atoms with Crippen LogP contribution in [0.25, 0.3) is 0 Å². The summed E-state index contributed by atoms with van der Waals surface area (Å²) in [6.45, 7) is 7.95. The quantitative estimate of drug-likeness (QED) is 0.682. The number of hydrogen-bond donors (Lipinski definition) is 1. The molecule has 1 aliphatic carbocycles. The van der Waals surface area contributed by atoms with E-state index in [1.54, 1.807) is 0 Å². The Morgan fingerprint density at radius 1 is 1.31 bits per heavy atom. The molecule has 0 aromatic carbocycles. The van der Waals surface area contributed by atoms with E-state index >= 15 is 0 Å². The Morgan fingerprint density at radius 2 is 1.92 bits per heavy atom. The Balaban J connectivity index is 2.09. The van der Waals surface area contributed by atoms with E-state index in [0.717, 1.165) is 19.0 Å². The highest BCUT2D eigenvalue weighted by Gasteiger charge is 2.24. The van der Waals surface area contributed by atoms with Gasteiger partial charge in [-0.15, -0.1) is 0 Å². The Bertz CT molecular complexity index is 128. The summed E-state index contributed by atoms with van der Waals surface area (Å²) >= 11 is 0. The molecule has 0 aromatic heterocycles. The lowest BCUT2D eigenvalue weighted by Gasteiger charge is -2.32. The molecule has 0 aliphatic heterocycles. The highest BCUT2D eigenvalue weighted by atomic mass is 15.1. The minimum absolute atomic E-state index is 0.467. The average Bonchev–Trinajstić information content (AvgIpc) is 2.03. The van der Waals surface area contributed by atoms with Crippen molar-refractivity contribution in [3.63, 3.8) is 0 Å². The standard InChI is InChI=1S/C11H24N2/c1-3-13(4-2)9-8-11(12)10-6-5-7-10/h10-11H,3-9,12H2,1-2H3. The maximum Gasteiger partial charge on any atom is 0.00793 e. The Hall–Kier alpha value is -0.0800. The summed E-state index contributed by atoms with van der Waals surface area (Å²) in [5.41, 5.74) is 6.11. The second kappa shape index (κ2) is 5.61. The summed E-state index contributed by atoms with van der Waals surface area (Å²) in [5, 5.41) is 0. The van der Waals surface area contributed by atoms with Crippen LogP contribution >= 0.6 is 0 Å². The molecular formula is C11H24N2. The highest BCUT2D eigenvalue weighted by molar-refractivity contribution is 4.80. The zero-order valence-electron chi connectivity index (χ0n) is 9.13. The molecule has 1 rings (SSSR count). The van der Waals surface area contributed by atoms with Crippen molar-refractivity contribution in [3.8, 4) is 0 Å². The van der Waals surface area contributed by atoms with E-state index in [2.05, 4.69) is 18.7 Å². The van der Waals surface area contributed by atoms with Gasteiger partial charge >= 0.3 is 0 Å². The van der Waals surface area contributed by atoms with Crippen LogP contribution in [-0.2, 0) is 0 Å². The molecule has 0 heterocycles. The topological polar surface area (TPSA) is 29.3 Å². The van der Waals surface area contributed by atoms with E-state index in [1.165, 1.54) is 32.2 Å². The van der Waals surface area contributed by atoms with Gasteiger partial charge in [-0.1, -0.05) is 20.3 Å². The van der Waals surface area contributed by atoms with E-state index in [1.807, 2.05) is 0 Å². The van der Waals surface area contributed by atoms with E-state index in [-0.39, 0.29) is 0 Å². The van der Waals surface area contributed by atoms with Crippen molar-refractivity contribution < 1.29 is 0 Å². The molecule has 0 bridgehead atoms. The first-order chi connectivity index (χ1) is 6.27. The fourth-order valence-electron chi connectivity index (χ4n) is 1.98. The van der Waals surface area contributed by atoms with Crippen LogP contribution in [0.2, 0.25) is 0 Å². The number of rotatable bonds is 6.